The van der Waals surface area contributed by atoms with Crippen molar-refractivity contribution in [3.05, 3.63) is 41.8 Å². The Bertz CT molecular complexity index is 1250. The molecule has 8 nitrogen and oxygen atoms in total. The molecule has 154 valence electrons. The van der Waals surface area contributed by atoms with E-state index in [2.05, 4.69) is 25.3 Å². The lowest BCUT2D eigenvalue weighted by molar-refractivity contribution is -0.137. The number of anilines is 1. The van der Waals surface area contributed by atoms with Gasteiger partial charge in [-0.15, -0.1) is 0 Å². The van der Waals surface area contributed by atoms with Crippen LogP contribution in [0.4, 0.5) is 5.82 Å². The maximum absolute atomic E-state index is 11.4. The van der Waals surface area contributed by atoms with Crippen LogP contribution in [0.3, 0.4) is 0 Å². The Labute approximate surface area is 177 Å². The molecular formula is C21H21ClN6O2. The molecule has 0 bridgehead atoms. The van der Waals surface area contributed by atoms with Crippen LogP contribution in [-0.4, -0.2) is 42.0 Å². The smallest absolute Gasteiger partial charge is 0.305 e. The molecule has 3 N–H and O–H groups in total. The summed E-state index contributed by atoms with van der Waals surface area (Å²) in [5.41, 5.74) is 2.34. The quantitative estimate of drug-likeness (QED) is 0.431. The maximum Gasteiger partial charge on any atom is 0.305 e. The van der Waals surface area contributed by atoms with E-state index in [9.17, 15) is 9.90 Å². The average molecular weight is 425 g/mol. The van der Waals surface area contributed by atoms with E-state index in [0.717, 1.165) is 10.9 Å². The highest BCUT2D eigenvalue weighted by molar-refractivity contribution is 6.31. The van der Waals surface area contributed by atoms with Gasteiger partial charge < -0.3 is 15.4 Å². The van der Waals surface area contributed by atoms with E-state index in [-0.39, 0.29) is 17.9 Å². The molecule has 0 aliphatic heterocycles. The number of fused-ring (bicyclic) bond motifs is 2. The summed E-state index contributed by atoms with van der Waals surface area (Å²) in [7, 11) is 0. The molecule has 4 rings (SSSR count). The largest absolute Gasteiger partial charge is 0.481 e. The molecule has 0 radical (unpaired) electrons. The molecule has 0 saturated carbocycles. The molecule has 4 aromatic heterocycles. The lowest BCUT2D eigenvalue weighted by Crippen LogP contribution is -2.36. The lowest BCUT2D eigenvalue weighted by atomic mass is 9.84. The first-order chi connectivity index (χ1) is 14.2. The minimum Gasteiger partial charge on any atom is -0.481 e. The third kappa shape index (κ3) is 3.91. The van der Waals surface area contributed by atoms with Gasteiger partial charge in [0, 0.05) is 35.6 Å². The van der Waals surface area contributed by atoms with Gasteiger partial charge in [0.25, 0.3) is 0 Å². The molecule has 0 saturated heterocycles. The fourth-order valence-electron chi connectivity index (χ4n) is 3.26. The molecule has 9 heteroatoms. The Morgan fingerprint density at radius 2 is 2.10 bits per heavy atom. The second kappa shape index (κ2) is 7.53. The molecule has 0 aliphatic rings. The highest BCUT2D eigenvalue weighted by atomic mass is 35.5. The summed E-state index contributed by atoms with van der Waals surface area (Å²) in [6, 6.07) is 5.10. The van der Waals surface area contributed by atoms with Crippen molar-refractivity contribution in [2.24, 2.45) is 5.41 Å². The van der Waals surface area contributed by atoms with E-state index in [1.165, 1.54) is 0 Å². The second-order valence-electron chi connectivity index (χ2n) is 8.18. The molecule has 0 amide bonds. The van der Waals surface area contributed by atoms with Gasteiger partial charge in [0.2, 0.25) is 0 Å². The van der Waals surface area contributed by atoms with E-state index in [1.807, 2.05) is 32.9 Å². The zero-order chi connectivity index (χ0) is 21.5. The Kier molecular flexibility index (Phi) is 5.03. The molecule has 0 spiro atoms. The SMILES string of the molecule is CC(C)(C)[C@@H](CC(=O)O)Nc1nc(-c2c[nH]c3ncc(Cl)cc23)nc2cccnc12. The average Bonchev–Trinajstić information content (AvgIpc) is 3.09. The van der Waals surface area contributed by atoms with Crippen LogP contribution in [0.5, 0.6) is 0 Å². The van der Waals surface area contributed by atoms with Gasteiger partial charge in [0.05, 0.1) is 17.0 Å². The monoisotopic (exact) mass is 424 g/mol. The van der Waals surface area contributed by atoms with Crippen molar-refractivity contribution in [1.82, 2.24) is 24.9 Å². The van der Waals surface area contributed by atoms with Crippen LogP contribution < -0.4 is 5.32 Å². The van der Waals surface area contributed by atoms with Gasteiger partial charge in [-0.3, -0.25) is 9.78 Å². The van der Waals surface area contributed by atoms with Crippen molar-refractivity contribution < 1.29 is 9.90 Å². The third-order valence-electron chi connectivity index (χ3n) is 4.93. The number of hydrogen-bond donors (Lipinski definition) is 3. The van der Waals surface area contributed by atoms with Gasteiger partial charge in [-0.2, -0.15) is 0 Å². The van der Waals surface area contributed by atoms with Gasteiger partial charge in [0.1, 0.15) is 11.2 Å². The zero-order valence-electron chi connectivity index (χ0n) is 16.8. The molecule has 1 atom stereocenters. The number of hydrogen-bond acceptors (Lipinski definition) is 6. The van der Waals surface area contributed by atoms with Crippen molar-refractivity contribution in [2.45, 2.75) is 33.2 Å². The molecule has 30 heavy (non-hydrogen) atoms. The normalized spacial score (nSPS) is 12.9. The van der Waals surface area contributed by atoms with Crippen LogP contribution in [-0.2, 0) is 4.79 Å². The van der Waals surface area contributed by atoms with Gasteiger partial charge in [-0.25, -0.2) is 15.0 Å². The van der Waals surface area contributed by atoms with Gasteiger partial charge in [-0.1, -0.05) is 32.4 Å². The van der Waals surface area contributed by atoms with Crippen LogP contribution in [0.25, 0.3) is 33.5 Å². The number of aromatic amines is 1. The predicted octanol–water partition coefficient (Wildman–Crippen LogP) is 4.52. The van der Waals surface area contributed by atoms with Crippen molar-refractivity contribution in [3.8, 4) is 11.4 Å². The summed E-state index contributed by atoms with van der Waals surface area (Å²) in [6.07, 6.45) is 4.97. The van der Waals surface area contributed by atoms with Gasteiger partial charge >= 0.3 is 5.97 Å². The van der Waals surface area contributed by atoms with Crippen molar-refractivity contribution in [2.75, 3.05) is 5.32 Å². The van der Waals surface area contributed by atoms with Crippen molar-refractivity contribution >= 4 is 45.5 Å². The predicted molar refractivity (Wildman–Crippen MR) is 117 cm³/mol. The highest BCUT2D eigenvalue weighted by Crippen LogP contribution is 2.32. The molecule has 4 aromatic rings. The number of H-pyrrole nitrogens is 1. The first-order valence-corrected chi connectivity index (χ1v) is 9.84. The Balaban J connectivity index is 1.87. The fourth-order valence-corrected chi connectivity index (χ4v) is 3.42. The summed E-state index contributed by atoms with van der Waals surface area (Å²) in [6.45, 7) is 5.95. The molecule has 0 aliphatic carbocycles. The minimum absolute atomic E-state index is 0.0518. The summed E-state index contributed by atoms with van der Waals surface area (Å²) in [5, 5.41) is 14.0. The number of rotatable bonds is 5. The first-order valence-electron chi connectivity index (χ1n) is 9.46. The van der Waals surface area contributed by atoms with Crippen molar-refractivity contribution in [3.63, 3.8) is 0 Å². The molecular weight excluding hydrogens is 404 g/mol. The summed E-state index contributed by atoms with van der Waals surface area (Å²) in [4.78, 5) is 32.6. The number of carboxylic acid groups (broad SMARTS) is 1. The number of carboxylic acids is 1. The number of halogens is 1. The molecule has 4 heterocycles. The Morgan fingerprint density at radius 3 is 2.83 bits per heavy atom. The second-order valence-corrected chi connectivity index (χ2v) is 8.62. The number of pyridine rings is 2. The summed E-state index contributed by atoms with van der Waals surface area (Å²) < 4.78 is 0. The van der Waals surface area contributed by atoms with Crippen LogP contribution in [0.2, 0.25) is 5.02 Å². The third-order valence-corrected chi connectivity index (χ3v) is 5.14. The van der Waals surface area contributed by atoms with Crippen LogP contribution in [0, 0.1) is 5.41 Å². The zero-order valence-corrected chi connectivity index (χ0v) is 17.5. The van der Waals surface area contributed by atoms with Crippen LogP contribution in [0.15, 0.2) is 36.8 Å². The summed E-state index contributed by atoms with van der Waals surface area (Å²) in [5.74, 6) is 0.0729. The van der Waals surface area contributed by atoms with Crippen molar-refractivity contribution in [1.29, 1.82) is 0 Å². The van der Waals surface area contributed by atoms with E-state index >= 15 is 0 Å². The summed E-state index contributed by atoms with van der Waals surface area (Å²) >= 11 is 6.13. The maximum atomic E-state index is 11.4. The van der Waals surface area contributed by atoms with Crippen LogP contribution >= 0.6 is 11.6 Å². The first kappa shape index (κ1) is 20.0. The topological polar surface area (TPSA) is 117 Å². The standard InChI is InChI=1S/C21H21ClN6O2/c1-21(2,3)15(8-16(29)30)27-20-17-14(5-4-6-23-17)26-19(28-20)13-10-25-18-12(13)7-11(22)9-24-18/h4-7,9-10,15H,8H2,1-3H3,(H,24,25)(H,29,30)(H,26,27,28)/t15-/m1/s1. The lowest BCUT2D eigenvalue weighted by Gasteiger charge is -2.31. The van der Waals surface area contributed by atoms with Gasteiger partial charge in [-0.05, 0) is 23.6 Å². The van der Waals surface area contributed by atoms with E-state index in [0.29, 0.717) is 33.3 Å². The number of nitrogens with zero attached hydrogens (tertiary/aromatic N) is 4. The Morgan fingerprint density at radius 1 is 1.30 bits per heavy atom. The fraction of sp³-hybridized carbons (Fsp3) is 0.286. The van der Waals surface area contributed by atoms with E-state index in [4.69, 9.17) is 16.6 Å². The molecule has 0 fully saturated rings. The number of aromatic nitrogens is 5. The van der Waals surface area contributed by atoms with E-state index < -0.39 is 5.97 Å². The van der Waals surface area contributed by atoms with Gasteiger partial charge in [0.15, 0.2) is 11.6 Å². The minimum atomic E-state index is -0.883. The van der Waals surface area contributed by atoms with Crippen LogP contribution in [0.1, 0.15) is 27.2 Å². The highest BCUT2D eigenvalue weighted by Gasteiger charge is 2.28. The molecule has 0 unspecified atom stereocenters. The number of nitrogens with one attached hydrogen (secondary N) is 2. The number of aliphatic carboxylic acids is 1. The molecule has 0 aromatic carbocycles. The number of carbonyl (C=O) groups is 1. The van der Waals surface area contributed by atoms with E-state index in [1.54, 1.807) is 24.7 Å². The Hall–Kier alpha value is -3.26.